The molecule has 0 saturated heterocycles. The van der Waals surface area contributed by atoms with Crippen molar-refractivity contribution in [1.82, 2.24) is 5.32 Å². The molecule has 0 aliphatic carbocycles. The third-order valence-electron chi connectivity index (χ3n) is 2.64. The highest BCUT2D eigenvalue weighted by Gasteiger charge is 2.13. The second-order valence-corrected chi connectivity index (χ2v) is 4.41. The first-order valence-corrected chi connectivity index (χ1v) is 6.34. The summed E-state index contributed by atoms with van der Waals surface area (Å²) in [4.78, 5) is 11.6. The number of hydrogen-bond acceptors (Lipinski definition) is 3. The second kappa shape index (κ2) is 7.01. The standard InChI is InChI=1S/C14H22N2O2/c1-4-9-16-14(17)11(3)18-13-7-5-12(6-8-13)10(2)15/h5-8,10-11H,4,9,15H2,1-3H3,(H,16,17)/t10-,11?/m0/s1. The Morgan fingerprint density at radius 2 is 1.94 bits per heavy atom. The molecular weight excluding hydrogens is 228 g/mol. The van der Waals surface area contributed by atoms with Gasteiger partial charge in [0.15, 0.2) is 6.10 Å². The van der Waals surface area contributed by atoms with E-state index in [9.17, 15) is 4.79 Å². The van der Waals surface area contributed by atoms with Crippen LogP contribution in [0.5, 0.6) is 5.75 Å². The topological polar surface area (TPSA) is 64.3 Å². The number of benzene rings is 1. The molecule has 0 saturated carbocycles. The summed E-state index contributed by atoms with van der Waals surface area (Å²) in [5.74, 6) is 0.590. The largest absolute Gasteiger partial charge is 0.481 e. The first-order valence-electron chi connectivity index (χ1n) is 6.34. The molecule has 100 valence electrons. The molecule has 0 radical (unpaired) electrons. The Kier molecular flexibility index (Phi) is 5.65. The maximum atomic E-state index is 11.6. The third kappa shape index (κ3) is 4.37. The molecule has 1 rings (SSSR count). The van der Waals surface area contributed by atoms with Gasteiger partial charge in [-0.15, -0.1) is 0 Å². The van der Waals surface area contributed by atoms with E-state index in [1.54, 1.807) is 6.92 Å². The van der Waals surface area contributed by atoms with Gasteiger partial charge >= 0.3 is 0 Å². The zero-order valence-corrected chi connectivity index (χ0v) is 11.3. The molecule has 0 aromatic heterocycles. The molecule has 1 aromatic carbocycles. The monoisotopic (exact) mass is 250 g/mol. The highest BCUT2D eigenvalue weighted by atomic mass is 16.5. The van der Waals surface area contributed by atoms with Crippen LogP contribution >= 0.6 is 0 Å². The summed E-state index contributed by atoms with van der Waals surface area (Å²) in [7, 11) is 0. The van der Waals surface area contributed by atoms with Crippen molar-refractivity contribution in [2.45, 2.75) is 39.3 Å². The molecule has 2 atom stereocenters. The van der Waals surface area contributed by atoms with Crippen LogP contribution in [0.3, 0.4) is 0 Å². The molecule has 1 aromatic rings. The lowest BCUT2D eigenvalue weighted by Gasteiger charge is -2.15. The summed E-state index contributed by atoms with van der Waals surface area (Å²) < 4.78 is 5.56. The lowest BCUT2D eigenvalue weighted by atomic mass is 10.1. The molecule has 1 amide bonds. The van der Waals surface area contributed by atoms with Gasteiger partial charge in [0.05, 0.1) is 0 Å². The molecule has 0 fully saturated rings. The SMILES string of the molecule is CCCNC(=O)C(C)Oc1ccc([C@H](C)N)cc1. The fraction of sp³-hybridized carbons (Fsp3) is 0.500. The predicted octanol–water partition coefficient (Wildman–Crippen LogP) is 2.00. The lowest BCUT2D eigenvalue weighted by molar-refractivity contribution is -0.127. The molecule has 0 heterocycles. The van der Waals surface area contributed by atoms with Gasteiger partial charge in [-0.3, -0.25) is 4.79 Å². The van der Waals surface area contributed by atoms with Crippen LogP contribution < -0.4 is 15.8 Å². The molecular formula is C14H22N2O2. The van der Waals surface area contributed by atoms with Crippen LogP contribution in [0.2, 0.25) is 0 Å². The molecule has 4 heteroatoms. The van der Waals surface area contributed by atoms with E-state index in [0.29, 0.717) is 12.3 Å². The van der Waals surface area contributed by atoms with Crippen molar-refractivity contribution in [3.63, 3.8) is 0 Å². The van der Waals surface area contributed by atoms with Crippen molar-refractivity contribution in [2.75, 3.05) is 6.54 Å². The third-order valence-corrected chi connectivity index (χ3v) is 2.64. The minimum absolute atomic E-state index is 0.00401. The van der Waals surface area contributed by atoms with E-state index in [2.05, 4.69) is 5.32 Å². The van der Waals surface area contributed by atoms with Crippen molar-refractivity contribution < 1.29 is 9.53 Å². The number of hydrogen-bond donors (Lipinski definition) is 2. The number of nitrogens with two attached hydrogens (primary N) is 1. The molecule has 0 spiro atoms. The van der Waals surface area contributed by atoms with E-state index in [1.165, 1.54) is 0 Å². The van der Waals surface area contributed by atoms with Crippen LogP contribution in [0.15, 0.2) is 24.3 Å². The van der Waals surface area contributed by atoms with Crippen LogP contribution in [0, 0.1) is 0 Å². The Labute approximate surface area is 109 Å². The highest BCUT2D eigenvalue weighted by molar-refractivity contribution is 5.80. The molecule has 3 N–H and O–H groups in total. The van der Waals surface area contributed by atoms with Gasteiger partial charge in [-0.1, -0.05) is 19.1 Å². The summed E-state index contributed by atoms with van der Waals surface area (Å²) in [6, 6.07) is 7.50. The van der Waals surface area contributed by atoms with Gasteiger partial charge in [0.1, 0.15) is 5.75 Å². The second-order valence-electron chi connectivity index (χ2n) is 4.41. The average Bonchev–Trinajstić information content (AvgIpc) is 2.36. The van der Waals surface area contributed by atoms with Gasteiger partial charge in [-0.05, 0) is 38.0 Å². The van der Waals surface area contributed by atoms with Crippen LogP contribution in [0.25, 0.3) is 0 Å². The lowest BCUT2D eigenvalue weighted by Crippen LogP contribution is -2.36. The van der Waals surface area contributed by atoms with Crippen molar-refractivity contribution in [3.8, 4) is 5.75 Å². The van der Waals surface area contributed by atoms with Crippen molar-refractivity contribution in [1.29, 1.82) is 0 Å². The quantitative estimate of drug-likeness (QED) is 0.811. The molecule has 1 unspecified atom stereocenters. The summed E-state index contributed by atoms with van der Waals surface area (Å²) >= 11 is 0. The van der Waals surface area contributed by atoms with Gasteiger partial charge in [-0.25, -0.2) is 0 Å². The van der Waals surface area contributed by atoms with Crippen LogP contribution in [-0.2, 0) is 4.79 Å². The molecule has 18 heavy (non-hydrogen) atoms. The molecule has 0 aliphatic heterocycles. The van der Waals surface area contributed by atoms with Crippen LogP contribution in [0.1, 0.15) is 38.8 Å². The first kappa shape index (κ1) is 14.5. The van der Waals surface area contributed by atoms with Gasteiger partial charge in [-0.2, -0.15) is 0 Å². The Morgan fingerprint density at radius 3 is 2.44 bits per heavy atom. The maximum absolute atomic E-state index is 11.6. The Hall–Kier alpha value is -1.55. The zero-order valence-electron chi connectivity index (χ0n) is 11.3. The fourth-order valence-electron chi connectivity index (χ4n) is 1.50. The van der Waals surface area contributed by atoms with Crippen molar-refractivity contribution in [2.24, 2.45) is 5.73 Å². The van der Waals surface area contributed by atoms with E-state index in [1.807, 2.05) is 38.1 Å². The Balaban J connectivity index is 2.53. The Morgan fingerprint density at radius 1 is 1.33 bits per heavy atom. The normalized spacial score (nSPS) is 13.8. The van der Waals surface area contributed by atoms with Crippen molar-refractivity contribution >= 4 is 5.91 Å². The van der Waals surface area contributed by atoms with Gasteiger partial charge in [0.2, 0.25) is 0 Å². The molecule has 4 nitrogen and oxygen atoms in total. The number of nitrogens with one attached hydrogen (secondary N) is 1. The number of carbonyl (C=O) groups excluding carboxylic acids is 1. The smallest absolute Gasteiger partial charge is 0.260 e. The summed E-state index contributed by atoms with van der Waals surface area (Å²) in [6.07, 6.45) is 0.430. The van der Waals surface area contributed by atoms with Gasteiger partial charge in [0, 0.05) is 12.6 Å². The van der Waals surface area contributed by atoms with E-state index >= 15 is 0 Å². The van der Waals surface area contributed by atoms with Crippen LogP contribution in [0.4, 0.5) is 0 Å². The van der Waals surface area contributed by atoms with Gasteiger partial charge in [0.25, 0.3) is 5.91 Å². The molecule has 0 bridgehead atoms. The van der Waals surface area contributed by atoms with E-state index in [-0.39, 0.29) is 11.9 Å². The van der Waals surface area contributed by atoms with E-state index < -0.39 is 6.10 Å². The summed E-state index contributed by atoms with van der Waals surface area (Å²) in [5, 5.41) is 2.80. The van der Waals surface area contributed by atoms with Gasteiger partial charge < -0.3 is 15.8 Å². The van der Waals surface area contributed by atoms with Crippen molar-refractivity contribution in [3.05, 3.63) is 29.8 Å². The number of rotatable bonds is 6. The zero-order chi connectivity index (χ0) is 13.5. The Bertz CT molecular complexity index is 374. The first-order chi connectivity index (χ1) is 8.54. The highest BCUT2D eigenvalue weighted by Crippen LogP contribution is 2.17. The maximum Gasteiger partial charge on any atom is 0.260 e. The fourth-order valence-corrected chi connectivity index (χ4v) is 1.50. The average molecular weight is 250 g/mol. The van der Waals surface area contributed by atoms with E-state index in [0.717, 1.165) is 12.0 Å². The minimum Gasteiger partial charge on any atom is -0.481 e. The molecule has 0 aliphatic rings. The summed E-state index contributed by atoms with van der Waals surface area (Å²) in [5.41, 5.74) is 6.81. The minimum atomic E-state index is -0.488. The van der Waals surface area contributed by atoms with Crippen LogP contribution in [-0.4, -0.2) is 18.6 Å². The van der Waals surface area contributed by atoms with E-state index in [4.69, 9.17) is 10.5 Å². The number of ether oxygens (including phenoxy) is 1. The predicted molar refractivity (Wildman–Crippen MR) is 72.4 cm³/mol. The summed E-state index contributed by atoms with van der Waals surface area (Å²) in [6.45, 7) is 6.36. The number of carbonyl (C=O) groups is 1. The number of amides is 1.